The molecule has 0 aliphatic heterocycles. The van der Waals surface area contributed by atoms with Crippen LogP contribution in [-0.4, -0.2) is 23.9 Å². The van der Waals surface area contributed by atoms with Crippen LogP contribution in [0.4, 0.5) is 0 Å². The summed E-state index contributed by atoms with van der Waals surface area (Å²) >= 11 is 0. The fourth-order valence-electron chi connectivity index (χ4n) is 2.49. The van der Waals surface area contributed by atoms with Crippen LogP contribution in [0.25, 0.3) is 6.08 Å². The van der Waals surface area contributed by atoms with Gasteiger partial charge in [-0.2, -0.15) is 5.26 Å². The van der Waals surface area contributed by atoms with Gasteiger partial charge in [0.25, 0.3) is 0 Å². The van der Waals surface area contributed by atoms with Gasteiger partial charge in [0.2, 0.25) is 5.91 Å². The Morgan fingerprint density at radius 2 is 1.81 bits per heavy atom. The van der Waals surface area contributed by atoms with Crippen molar-refractivity contribution in [1.29, 1.82) is 5.26 Å². The molecule has 26 heavy (non-hydrogen) atoms. The number of rotatable bonds is 7. The third-order valence-corrected chi connectivity index (χ3v) is 4.37. The lowest BCUT2D eigenvalue weighted by molar-refractivity contribution is -0.116. The Labute approximate surface area is 155 Å². The average Bonchev–Trinajstić information content (AvgIpc) is 2.65. The minimum atomic E-state index is -0.176. The first kappa shape index (κ1) is 19.4. The van der Waals surface area contributed by atoms with E-state index in [1.807, 2.05) is 30.3 Å². The highest BCUT2D eigenvalue weighted by molar-refractivity contribution is 5.92. The summed E-state index contributed by atoms with van der Waals surface area (Å²) in [6, 6.07) is 17.9. The topological polar surface area (TPSA) is 56.1 Å². The molecule has 2 rings (SSSR count). The van der Waals surface area contributed by atoms with Crippen LogP contribution in [0.1, 0.15) is 36.1 Å². The fourth-order valence-corrected chi connectivity index (χ4v) is 2.49. The molecule has 0 saturated heterocycles. The third-order valence-electron chi connectivity index (χ3n) is 4.37. The number of amides is 1. The molecule has 1 N–H and O–H groups in total. The largest absolute Gasteiger partial charge is 0.348 e. The average molecular weight is 347 g/mol. The lowest BCUT2D eigenvalue weighted by atomic mass is 10.1. The Balaban J connectivity index is 1.99. The molecule has 2 aromatic rings. The summed E-state index contributed by atoms with van der Waals surface area (Å²) < 4.78 is 0. The second-order valence-corrected chi connectivity index (χ2v) is 6.53. The number of hydrogen-bond acceptors (Lipinski definition) is 3. The smallest absolute Gasteiger partial charge is 0.244 e. The number of nitriles is 1. The van der Waals surface area contributed by atoms with Crippen LogP contribution in [0.3, 0.4) is 0 Å². The summed E-state index contributed by atoms with van der Waals surface area (Å²) in [5.41, 5.74) is 3.62. The molecular formula is C22H25N3O. The van der Waals surface area contributed by atoms with Crippen molar-refractivity contribution in [2.75, 3.05) is 7.05 Å². The van der Waals surface area contributed by atoms with Crippen molar-refractivity contribution in [2.24, 2.45) is 0 Å². The zero-order valence-electron chi connectivity index (χ0n) is 15.6. The first-order chi connectivity index (χ1) is 12.5. The molecule has 0 aromatic heterocycles. The molecule has 0 radical (unpaired) electrons. The normalized spacial score (nSPS) is 11.1. The zero-order valence-corrected chi connectivity index (χ0v) is 15.6. The number of carbonyl (C=O) groups is 1. The lowest BCUT2D eigenvalue weighted by Crippen LogP contribution is -2.27. The van der Waals surface area contributed by atoms with Crippen LogP contribution < -0.4 is 5.32 Å². The molecule has 0 bridgehead atoms. The maximum atomic E-state index is 12.1. The van der Waals surface area contributed by atoms with Gasteiger partial charge in [0.05, 0.1) is 11.6 Å². The van der Waals surface area contributed by atoms with E-state index in [2.05, 4.69) is 43.2 Å². The van der Waals surface area contributed by atoms with E-state index >= 15 is 0 Å². The van der Waals surface area contributed by atoms with Crippen LogP contribution >= 0.6 is 0 Å². The second kappa shape index (κ2) is 9.55. The SMILES string of the molecule is CC(C)N(C)Cc1ccccc1CNC(=O)/C=C/c1ccccc1C#N. The maximum Gasteiger partial charge on any atom is 0.244 e. The molecule has 0 atom stereocenters. The van der Waals surface area contributed by atoms with Crippen LogP contribution in [0, 0.1) is 11.3 Å². The number of hydrogen-bond donors (Lipinski definition) is 1. The van der Waals surface area contributed by atoms with E-state index < -0.39 is 0 Å². The Hall–Kier alpha value is -2.90. The van der Waals surface area contributed by atoms with Gasteiger partial charge in [-0.25, -0.2) is 0 Å². The summed E-state index contributed by atoms with van der Waals surface area (Å²) in [6.07, 6.45) is 3.14. The molecule has 0 aliphatic carbocycles. The van der Waals surface area contributed by atoms with Gasteiger partial charge in [-0.1, -0.05) is 42.5 Å². The van der Waals surface area contributed by atoms with E-state index in [4.69, 9.17) is 5.26 Å². The molecule has 4 heteroatoms. The van der Waals surface area contributed by atoms with Crippen LogP contribution in [-0.2, 0) is 17.9 Å². The van der Waals surface area contributed by atoms with Crippen molar-refractivity contribution < 1.29 is 4.79 Å². The summed E-state index contributed by atoms with van der Waals surface area (Å²) in [6.45, 7) is 5.64. The van der Waals surface area contributed by atoms with Gasteiger partial charge in [-0.15, -0.1) is 0 Å². The maximum absolute atomic E-state index is 12.1. The van der Waals surface area contributed by atoms with Crippen molar-refractivity contribution >= 4 is 12.0 Å². The lowest BCUT2D eigenvalue weighted by Gasteiger charge is -2.22. The van der Waals surface area contributed by atoms with Gasteiger partial charge in [-0.05, 0) is 49.7 Å². The molecule has 0 aliphatic rings. The molecular weight excluding hydrogens is 322 g/mol. The summed E-state index contributed by atoms with van der Waals surface area (Å²) in [7, 11) is 2.09. The van der Waals surface area contributed by atoms with E-state index in [9.17, 15) is 4.79 Å². The molecule has 0 saturated carbocycles. The molecule has 1 amide bonds. The third kappa shape index (κ3) is 5.58. The Morgan fingerprint density at radius 3 is 2.50 bits per heavy atom. The molecule has 0 unspecified atom stereocenters. The van der Waals surface area contributed by atoms with E-state index in [0.29, 0.717) is 18.2 Å². The molecule has 2 aromatic carbocycles. The minimum Gasteiger partial charge on any atom is -0.348 e. The van der Waals surface area contributed by atoms with Crippen LogP contribution in [0.15, 0.2) is 54.6 Å². The van der Waals surface area contributed by atoms with Crippen molar-refractivity contribution in [3.05, 3.63) is 76.9 Å². The number of nitrogens with one attached hydrogen (secondary N) is 1. The van der Waals surface area contributed by atoms with Gasteiger partial charge in [0, 0.05) is 25.2 Å². The predicted molar refractivity (Wildman–Crippen MR) is 105 cm³/mol. The van der Waals surface area contributed by atoms with Crippen LogP contribution in [0.5, 0.6) is 0 Å². The number of carbonyl (C=O) groups excluding carboxylic acids is 1. The van der Waals surface area contributed by atoms with Crippen LogP contribution in [0.2, 0.25) is 0 Å². The van der Waals surface area contributed by atoms with E-state index in [1.165, 1.54) is 11.6 Å². The van der Waals surface area contributed by atoms with Crippen molar-refractivity contribution in [3.63, 3.8) is 0 Å². The van der Waals surface area contributed by atoms with Crippen molar-refractivity contribution in [3.8, 4) is 6.07 Å². The molecule has 134 valence electrons. The fraction of sp³-hybridized carbons (Fsp3) is 0.273. The number of benzene rings is 2. The van der Waals surface area contributed by atoms with E-state index in [-0.39, 0.29) is 5.91 Å². The first-order valence-electron chi connectivity index (χ1n) is 8.73. The number of nitrogens with zero attached hydrogens (tertiary/aromatic N) is 2. The van der Waals surface area contributed by atoms with Gasteiger partial charge in [-0.3, -0.25) is 9.69 Å². The molecule has 0 fully saturated rings. The second-order valence-electron chi connectivity index (χ2n) is 6.53. The summed E-state index contributed by atoms with van der Waals surface area (Å²) in [4.78, 5) is 14.4. The minimum absolute atomic E-state index is 0.176. The molecule has 0 spiro atoms. The zero-order chi connectivity index (χ0) is 18.9. The molecule has 0 heterocycles. The predicted octanol–water partition coefficient (Wildman–Crippen LogP) is 3.73. The standard InChI is InChI=1S/C22H25N3O/c1-17(2)25(3)16-21-11-7-6-10-20(21)15-24-22(26)13-12-18-8-4-5-9-19(18)14-23/h4-13,17H,15-16H2,1-3H3,(H,24,26)/b13-12+. The van der Waals surface area contributed by atoms with E-state index in [1.54, 1.807) is 18.2 Å². The molecule has 4 nitrogen and oxygen atoms in total. The highest BCUT2D eigenvalue weighted by Gasteiger charge is 2.08. The van der Waals surface area contributed by atoms with Gasteiger partial charge >= 0.3 is 0 Å². The Morgan fingerprint density at radius 1 is 1.15 bits per heavy atom. The van der Waals surface area contributed by atoms with Gasteiger partial charge < -0.3 is 5.32 Å². The van der Waals surface area contributed by atoms with Crippen molar-refractivity contribution in [1.82, 2.24) is 10.2 Å². The first-order valence-corrected chi connectivity index (χ1v) is 8.73. The highest BCUT2D eigenvalue weighted by atomic mass is 16.1. The van der Waals surface area contributed by atoms with Crippen molar-refractivity contribution in [2.45, 2.75) is 33.0 Å². The monoisotopic (exact) mass is 347 g/mol. The van der Waals surface area contributed by atoms with Gasteiger partial charge in [0.15, 0.2) is 0 Å². The summed E-state index contributed by atoms with van der Waals surface area (Å²) in [5, 5.41) is 12.0. The van der Waals surface area contributed by atoms with E-state index in [0.717, 1.165) is 17.7 Å². The Bertz CT molecular complexity index is 818. The quantitative estimate of drug-likeness (QED) is 0.777. The Kier molecular flexibility index (Phi) is 7.13. The van der Waals surface area contributed by atoms with Gasteiger partial charge in [0.1, 0.15) is 0 Å². The summed E-state index contributed by atoms with van der Waals surface area (Å²) in [5.74, 6) is -0.176. The highest BCUT2D eigenvalue weighted by Crippen LogP contribution is 2.13.